The number of hydrogen-bond acceptors (Lipinski definition) is 9. The van der Waals surface area contributed by atoms with Gasteiger partial charge in [-0.15, -0.1) is 0 Å². The highest BCUT2D eigenvalue weighted by atomic mass is 16.6. The van der Waals surface area contributed by atoms with Gasteiger partial charge in [0.15, 0.2) is 11.3 Å². The lowest BCUT2D eigenvalue weighted by molar-refractivity contribution is -0.154. The number of carbonyl (C=O) groups is 3. The van der Waals surface area contributed by atoms with Crippen LogP contribution in [-0.2, 0) is 25.5 Å². The summed E-state index contributed by atoms with van der Waals surface area (Å²) in [4.78, 5) is 47.8. The smallest absolute Gasteiger partial charge is 0.352 e. The summed E-state index contributed by atoms with van der Waals surface area (Å²) >= 11 is 0. The van der Waals surface area contributed by atoms with Gasteiger partial charge in [-0.1, -0.05) is 0 Å². The van der Waals surface area contributed by atoms with Crippen molar-refractivity contribution < 1.29 is 43.6 Å². The van der Waals surface area contributed by atoms with Crippen LogP contribution in [0.2, 0.25) is 0 Å². The summed E-state index contributed by atoms with van der Waals surface area (Å²) in [5, 5.41) is 28.6. The van der Waals surface area contributed by atoms with Crippen molar-refractivity contribution in [2.45, 2.75) is 19.4 Å². The fourth-order valence-electron chi connectivity index (χ4n) is 2.80. The molecule has 1 aliphatic rings. The number of esters is 2. The van der Waals surface area contributed by atoms with Gasteiger partial charge in [-0.25, -0.2) is 14.4 Å². The van der Waals surface area contributed by atoms with E-state index < -0.39 is 58.7 Å². The van der Waals surface area contributed by atoms with E-state index >= 15 is 0 Å². The molecule has 0 unspecified atom stereocenters. The first-order chi connectivity index (χ1) is 12.3. The first-order valence-corrected chi connectivity index (χ1v) is 7.40. The van der Waals surface area contributed by atoms with Crippen molar-refractivity contribution in [3.63, 3.8) is 0 Å². The summed E-state index contributed by atoms with van der Waals surface area (Å²) in [6, 6.07) is 0.870. The van der Waals surface area contributed by atoms with Gasteiger partial charge in [0.25, 0.3) is 0 Å². The minimum absolute atomic E-state index is 0.0561. The Morgan fingerprint density at radius 3 is 2.58 bits per heavy atom. The molecule has 0 radical (unpaired) electrons. The molecule has 0 saturated carbocycles. The molecule has 3 rings (SSSR count). The lowest BCUT2D eigenvalue weighted by Crippen LogP contribution is -2.30. The lowest BCUT2D eigenvalue weighted by Gasteiger charge is -2.25. The Labute approximate surface area is 144 Å². The summed E-state index contributed by atoms with van der Waals surface area (Å²) < 4.78 is 14.7. The molecular weight excluding hydrogens is 352 g/mol. The van der Waals surface area contributed by atoms with Crippen LogP contribution < -0.4 is 5.63 Å². The number of benzene rings is 1. The monoisotopic (exact) mass is 364 g/mol. The zero-order chi connectivity index (χ0) is 19.2. The average Bonchev–Trinajstić information content (AvgIpc) is 2.56. The molecule has 0 saturated heterocycles. The highest BCUT2D eigenvalue weighted by Gasteiger charge is 2.40. The Kier molecular flexibility index (Phi) is 4.03. The molecule has 1 aliphatic heterocycles. The van der Waals surface area contributed by atoms with Crippen LogP contribution in [0.5, 0.6) is 11.5 Å². The molecule has 136 valence electrons. The van der Waals surface area contributed by atoms with Gasteiger partial charge >= 0.3 is 23.5 Å². The predicted octanol–water partition coefficient (Wildman–Crippen LogP) is 0.606. The van der Waals surface area contributed by atoms with Crippen LogP contribution in [0.15, 0.2) is 15.3 Å². The van der Waals surface area contributed by atoms with E-state index in [1.807, 2.05) is 0 Å². The molecule has 0 bridgehead atoms. The third-order valence-electron chi connectivity index (χ3n) is 3.81. The second-order valence-electron chi connectivity index (χ2n) is 5.39. The van der Waals surface area contributed by atoms with Crippen molar-refractivity contribution in [3.05, 3.63) is 33.2 Å². The first kappa shape index (κ1) is 17.3. The molecule has 1 aromatic heterocycles. The van der Waals surface area contributed by atoms with Crippen LogP contribution in [0.1, 0.15) is 34.5 Å². The van der Waals surface area contributed by atoms with Crippen molar-refractivity contribution in [1.29, 1.82) is 0 Å². The summed E-state index contributed by atoms with van der Waals surface area (Å²) in [7, 11) is 0. The number of phenols is 2. The van der Waals surface area contributed by atoms with Gasteiger partial charge in [-0.2, -0.15) is 0 Å². The van der Waals surface area contributed by atoms with E-state index in [9.17, 15) is 29.4 Å². The predicted molar refractivity (Wildman–Crippen MR) is 81.9 cm³/mol. The number of hydrogen-bond donors (Lipinski definition) is 3. The topological polar surface area (TPSA) is 161 Å². The molecule has 0 spiro atoms. The Hall–Kier alpha value is -3.56. The van der Waals surface area contributed by atoms with Gasteiger partial charge in [0.05, 0.1) is 24.2 Å². The molecule has 3 N–H and O–H groups in total. The quantitative estimate of drug-likeness (QED) is 0.398. The standard InChI is InChI=1S/C16H12O10/c1-2-24-16(23)13-10-6(4-8(18)19)15(22)25-12-9(10)5(14(21)26-13)3-7(17)11(12)20/h3,13,17,20H,2,4H2,1H3,(H,18,19)/t13-/m0/s1. The van der Waals surface area contributed by atoms with Gasteiger partial charge in [0, 0.05) is 10.9 Å². The van der Waals surface area contributed by atoms with E-state index in [1.165, 1.54) is 6.92 Å². The van der Waals surface area contributed by atoms with Crippen molar-refractivity contribution in [3.8, 4) is 11.5 Å². The number of phenolic OH excluding ortho intramolecular Hbond substituents is 2. The van der Waals surface area contributed by atoms with E-state index in [0.717, 1.165) is 6.07 Å². The molecule has 0 aliphatic carbocycles. The molecule has 26 heavy (non-hydrogen) atoms. The van der Waals surface area contributed by atoms with E-state index in [1.54, 1.807) is 0 Å². The van der Waals surface area contributed by atoms with Crippen LogP contribution in [0.4, 0.5) is 0 Å². The number of aromatic hydroxyl groups is 2. The van der Waals surface area contributed by atoms with Crippen molar-refractivity contribution in [1.82, 2.24) is 0 Å². The first-order valence-electron chi connectivity index (χ1n) is 7.40. The molecular formula is C16H12O10. The van der Waals surface area contributed by atoms with Crippen LogP contribution in [0, 0.1) is 0 Å². The largest absolute Gasteiger partial charge is 0.504 e. The maximum absolute atomic E-state index is 12.2. The normalized spacial score (nSPS) is 15.6. The maximum atomic E-state index is 12.2. The van der Waals surface area contributed by atoms with Crippen LogP contribution in [-0.4, -0.2) is 39.8 Å². The van der Waals surface area contributed by atoms with E-state index in [-0.39, 0.29) is 23.1 Å². The van der Waals surface area contributed by atoms with Gasteiger partial charge in [-0.05, 0) is 13.0 Å². The molecule has 2 aromatic rings. The number of ether oxygens (including phenoxy) is 2. The van der Waals surface area contributed by atoms with Gasteiger partial charge in [0.1, 0.15) is 0 Å². The van der Waals surface area contributed by atoms with Crippen LogP contribution in [0.25, 0.3) is 11.0 Å². The Bertz CT molecular complexity index is 1020. The number of rotatable bonds is 4. The third-order valence-corrected chi connectivity index (χ3v) is 3.81. The van der Waals surface area contributed by atoms with E-state index in [0.29, 0.717) is 0 Å². The molecule has 0 fully saturated rings. The average molecular weight is 364 g/mol. The molecule has 1 atom stereocenters. The lowest BCUT2D eigenvalue weighted by atomic mass is 9.91. The second-order valence-corrected chi connectivity index (χ2v) is 5.39. The summed E-state index contributed by atoms with van der Waals surface area (Å²) in [5.41, 5.74) is -2.68. The molecule has 2 heterocycles. The Balaban J connectivity index is 2.47. The third kappa shape index (κ3) is 2.51. The highest BCUT2D eigenvalue weighted by molar-refractivity contribution is 6.11. The zero-order valence-corrected chi connectivity index (χ0v) is 13.3. The van der Waals surface area contributed by atoms with Crippen LogP contribution in [0.3, 0.4) is 0 Å². The van der Waals surface area contributed by atoms with E-state index in [4.69, 9.17) is 19.0 Å². The van der Waals surface area contributed by atoms with Gasteiger partial charge in [-0.3, -0.25) is 4.79 Å². The van der Waals surface area contributed by atoms with Crippen molar-refractivity contribution in [2.75, 3.05) is 6.61 Å². The molecule has 10 heteroatoms. The molecule has 10 nitrogen and oxygen atoms in total. The molecule has 0 amide bonds. The fourth-order valence-corrected chi connectivity index (χ4v) is 2.80. The van der Waals surface area contributed by atoms with E-state index in [2.05, 4.69) is 0 Å². The number of carbonyl (C=O) groups excluding carboxylic acids is 2. The summed E-state index contributed by atoms with van der Waals surface area (Å²) in [6.45, 7) is 1.45. The Morgan fingerprint density at radius 2 is 1.96 bits per heavy atom. The summed E-state index contributed by atoms with van der Waals surface area (Å²) in [5.74, 6) is -5.03. The highest BCUT2D eigenvalue weighted by Crippen LogP contribution is 2.43. The minimum Gasteiger partial charge on any atom is -0.504 e. The number of carboxylic acid groups (broad SMARTS) is 1. The summed E-state index contributed by atoms with van der Waals surface area (Å²) in [6.07, 6.45) is -2.53. The minimum atomic E-state index is -1.71. The molecule has 1 aromatic carbocycles. The fraction of sp³-hybridized carbons (Fsp3) is 0.250. The number of cyclic esters (lactones) is 1. The van der Waals surface area contributed by atoms with Crippen LogP contribution >= 0.6 is 0 Å². The van der Waals surface area contributed by atoms with Crippen molar-refractivity contribution in [2.24, 2.45) is 0 Å². The second kappa shape index (κ2) is 6.06. The SMILES string of the molecule is CCOC(=O)[C@H]1OC(=O)c2cc(O)c(O)c3oc(=O)c(CC(=O)O)c1c23. The Morgan fingerprint density at radius 1 is 1.27 bits per heavy atom. The maximum Gasteiger partial charge on any atom is 0.352 e. The zero-order valence-electron chi connectivity index (χ0n) is 13.3. The number of carboxylic acids is 1. The number of aliphatic carboxylic acids is 1. The van der Waals surface area contributed by atoms with Gasteiger partial charge in [0.2, 0.25) is 11.9 Å². The van der Waals surface area contributed by atoms with Gasteiger partial charge < -0.3 is 29.2 Å². The van der Waals surface area contributed by atoms with Crippen molar-refractivity contribution >= 4 is 28.9 Å².